The Kier molecular flexibility index (Phi) is 5.01. The fraction of sp³-hybridized carbons (Fsp3) is 0.556. The van der Waals surface area contributed by atoms with Gasteiger partial charge in [0.2, 0.25) is 5.91 Å². The maximum Gasteiger partial charge on any atom is 0.230 e. The molecule has 1 saturated heterocycles. The van der Waals surface area contributed by atoms with Crippen LogP contribution in [0.25, 0.3) is 0 Å². The van der Waals surface area contributed by atoms with Gasteiger partial charge in [-0.25, -0.2) is 0 Å². The van der Waals surface area contributed by atoms with E-state index in [9.17, 15) is 4.79 Å². The van der Waals surface area contributed by atoms with Crippen LogP contribution in [0.1, 0.15) is 42.0 Å². The van der Waals surface area contributed by atoms with Gasteiger partial charge in [-0.2, -0.15) is 5.10 Å². The van der Waals surface area contributed by atoms with Crippen LogP contribution in [0.4, 0.5) is 5.82 Å². The first kappa shape index (κ1) is 17.4. The van der Waals surface area contributed by atoms with E-state index in [1.54, 1.807) is 0 Å². The lowest BCUT2D eigenvalue weighted by Crippen LogP contribution is -2.38. The van der Waals surface area contributed by atoms with Crippen molar-refractivity contribution in [2.75, 3.05) is 31.1 Å². The van der Waals surface area contributed by atoms with Crippen LogP contribution >= 0.6 is 0 Å². The second-order valence-corrected chi connectivity index (χ2v) is 6.66. The lowest BCUT2D eigenvalue weighted by atomic mass is 9.98. The summed E-state index contributed by atoms with van der Waals surface area (Å²) in [6.45, 7) is 10.7. The average Bonchev–Trinajstić information content (AvgIpc) is 2.80. The topological polar surface area (TPSA) is 75.4 Å². The maximum atomic E-state index is 13.0. The molecule has 1 fully saturated rings. The van der Waals surface area contributed by atoms with Crippen LogP contribution in [0.15, 0.2) is 16.7 Å². The standard InChI is InChI=1S/C18H25N5O2/c1-12-6-7-16(20-19-12)22-8-5-9-23(11-10-22)18(24)13(2)17-14(3)21-25-15(17)4/h6-7,13H,5,8-11H2,1-4H3/t13-/m0/s1. The van der Waals surface area contributed by atoms with Gasteiger partial charge < -0.3 is 14.3 Å². The van der Waals surface area contributed by atoms with Crippen LogP contribution in [-0.2, 0) is 4.79 Å². The summed E-state index contributed by atoms with van der Waals surface area (Å²) in [4.78, 5) is 17.1. The molecule has 1 aliphatic rings. The quantitative estimate of drug-likeness (QED) is 0.851. The Morgan fingerprint density at radius 2 is 1.92 bits per heavy atom. The number of amides is 1. The smallest absolute Gasteiger partial charge is 0.230 e. The number of carbonyl (C=O) groups is 1. The number of aromatic nitrogens is 3. The van der Waals surface area contributed by atoms with Crippen LogP contribution in [0.5, 0.6) is 0 Å². The highest BCUT2D eigenvalue weighted by atomic mass is 16.5. The Hall–Kier alpha value is -2.44. The minimum absolute atomic E-state index is 0.131. The van der Waals surface area contributed by atoms with E-state index in [1.807, 2.05) is 44.7 Å². The van der Waals surface area contributed by atoms with Gasteiger partial charge in [0.05, 0.1) is 17.3 Å². The van der Waals surface area contributed by atoms with Crippen molar-refractivity contribution in [1.82, 2.24) is 20.3 Å². The fourth-order valence-electron chi connectivity index (χ4n) is 3.43. The zero-order valence-corrected chi connectivity index (χ0v) is 15.3. The normalized spacial score (nSPS) is 16.6. The molecule has 1 atom stereocenters. The first-order valence-corrected chi connectivity index (χ1v) is 8.74. The molecule has 0 aliphatic carbocycles. The van der Waals surface area contributed by atoms with Crippen molar-refractivity contribution in [2.45, 2.75) is 40.0 Å². The van der Waals surface area contributed by atoms with E-state index in [0.29, 0.717) is 6.54 Å². The minimum Gasteiger partial charge on any atom is -0.361 e. The molecule has 0 unspecified atom stereocenters. The Morgan fingerprint density at radius 3 is 2.56 bits per heavy atom. The van der Waals surface area contributed by atoms with Crippen molar-refractivity contribution in [2.24, 2.45) is 0 Å². The maximum absolute atomic E-state index is 13.0. The molecule has 3 rings (SSSR count). The Morgan fingerprint density at radius 1 is 1.12 bits per heavy atom. The second kappa shape index (κ2) is 7.21. The van der Waals surface area contributed by atoms with Gasteiger partial charge in [0, 0.05) is 31.7 Å². The number of anilines is 1. The van der Waals surface area contributed by atoms with Crippen LogP contribution < -0.4 is 4.90 Å². The van der Waals surface area contributed by atoms with Gasteiger partial charge in [-0.05, 0) is 46.2 Å². The molecule has 7 nitrogen and oxygen atoms in total. The highest BCUT2D eigenvalue weighted by molar-refractivity contribution is 5.84. The van der Waals surface area contributed by atoms with Crippen LogP contribution in [0.2, 0.25) is 0 Å². The predicted octanol–water partition coefficient (Wildman–Crippen LogP) is 2.23. The van der Waals surface area contributed by atoms with Crippen LogP contribution in [0.3, 0.4) is 0 Å². The summed E-state index contributed by atoms with van der Waals surface area (Å²) in [5.74, 6) is 1.49. The molecule has 2 aromatic heterocycles. The Balaban J connectivity index is 1.68. The van der Waals surface area contributed by atoms with E-state index >= 15 is 0 Å². The van der Waals surface area contributed by atoms with Crippen molar-refractivity contribution in [3.63, 3.8) is 0 Å². The van der Waals surface area contributed by atoms with Crippen LogP contribution in [-0.4, -0.2) is 52.3 Å². The van der Waals surface area contributed by atoms with Gasteiger partial charge in [-0.3, -0.25) is 4.79 Å². The molecule has 0 spiro atoms. The zero-order chi connectivity index (χ0) is 18.0. The molecule has 3 heterocycles. The first-order valence-electron chi connectivity index (χ1n) is 8.74. The molecule has 2 aromatic rings. The third-order valence-electron chi connectivity index (χ3n) is 4.81. The van der Waals surface area contributed by atoms with E-state index < -0.39 is 0 Å². The third-order valence-corrected chi connectivity index (χ3v) is 4.81. The summed E-state index contributed by atoms with van der Waals surface area (Å²) in [5.41, 5.74) is 2.61. The van der Waals surface area contributed by atoms with E-state index in [4.69, 9.17) is 4.52 Å². The lowest BCUT2D eigenvalue weighted by Gasteiger charge is -2.25. The molecule has 0 aromatic carbocycles. The average molecular weight is 343 g/mol. The highest BCUT2D eigenvalue weighted by Gasteiger charge is 2.28. The molecule has 134 valence electrons. The van der Waals surface area contributed by atoms with E-state index in [1.165, 1.54) is 0 Å². The molecule has 7 heteroatoms. The number of aryl methyl sites for hydroxylation is 3. The summed E-state index contributed by atoms with van der Waals surface area (Å²) in [5, 5.41) is 12.4. The number of nitrogens with zero attached hydrogens (tertiary/aromatic N) is 5. The van der Waals surface area contributed by atoms with Crippen LogP contribution in [0, 0.1) is 20.8 Å². The third kappa shape index (κ3) is 3.65. The summed E-state index contributed by atoms with van der Waals surface area (Å²) in [7, 11) is 0. The highest BCUT2D eigenvalue weighted by Crippen LogP contribution is 2.25. The molecule has 1 amide bonds. The molecular formula is C18H25N5O2. The van der Waals surface area contributed by atoms with Gasteiger partial charge in [0.25, 0.3) is 0 Å². The molecule has 1 aliphatic heterocycles. The summed E-state index contributed by atoms with van der Waals surface area (Å²) >= 11 is 0. The second-order valence-electron chi connectivity index (χ2n) is 6.66. The van der Waals surface area contributed by atoms with E-state index in [2.05, 4.69) is 20.3 Å². The lowest BCUT2D eigenvalue weighted by molar-refractivity contribution is -0.132. The van der Waals surface area contributed by atoms with Crippen molar-refractivity contribution in [3.8, 4) is 0 Å². The van der Waals surface area contributed by atoms with Gasteiger partial charge in [0.1, 0.15) is 5.76 Å². The fourth-order valence-corrected chi connectivity index (χ4v) is 3.43. The van der Waals surface area contributed by atoms with Crippen molar-refractivity contribution >= 4 is 11.7 Å². The van der Waals surface area contributed by atoms with Crippen molar-refractivity contribution < 1.29 is 9.32 Å². The summed E-state index contributed by atoms with van der Waals surface area (Å²) < 4.78 is 5.22. The number of carbonyl (C=O) groups excluding carboxylic acids is 1. The van der Waals surface area contributed by atoms with Gasteiger partial charge in [-0.1, -0.05) is 5.16 Å². The van der Waals surface area contributed by atoms with E-state index in [-0.39, 0.29) is 11.8 Å². The molecule has 0 saturated carbocycles. The molecule has 0 bridgehead atoms. The summed E-state index contributed by atoms with van der Waals surface area (Å²) in [6, 6.07) is 3.96. The van der Waals surface area contributed by atoms with Gasteiger partial charge in [-0.15, -0.1) is 5.10 Å². The van der Waals surface area contributed by atoms with E-state index in [0.717, 1.165) is 54.6 Å². The number of hydrogen-bond acceptors (Lipinski definition) is 6. The molecule has 25 heavy (non-hydrogen) atoms. The molecule has 0 radical (unpaired) electrons. The van der Waals surface area contributed by atoms with Crippen molar-refractivity contribution in [3.05, 3.63) is 34.8 Å². The zero-order valence-electron chi connectivity index (χ0n) is 15.3. The SMILES string of the molecule is Cc1ccc(N2CCCN(C(=O)[C@@H](C)c3c(C)noc3C)CC2)nn1. The Labute approximate surface area is 148 Å². The number of rotatable bonds is 3. The van der Waals surface area contributed by atoms with Gasteiger partial charge >= 0.3 is 0 Å². The summed E-state index contributed by atoms with van der Waals surface area (Å²) in [6.07, 6.45) is 0.912. The first-order chi connectivity index (χ1) is 12.0. The minimum atomic E-state index is -0.239. The number of hydrogen-bond donors (Lipinski definition) is 0. The van der Waals surface area contributed by atoms with Crippen molar-refractivity contribution in [1.29, 1.82) is 0 Å². The molecule has 0 N–H and O–H groups in total. The largest absolute Gasteiger partial charge is 0.361 e. The predicted molar refractivity (Wildman–Crippen MR) is 94.6 cm³/mol. The molecular weight excluding hydrogens is 318 g/mol. The monoisotopic (exact) mass is 343 g/mol. The van der Waals surface area contributed by atoms with Gasteiger partial charge in [0.15, 0.2) is 5.82 Å². The Bertz CT molecular complexity index is 721.